The summed E-state index contributed by atoms with van der Waals surface area (Å²) in [7, 11) is 1.65. The van der Waals surface area contributed by atoms with Crippen molar-refractivity contribution in [2.24, 2.45) is 0 Å². The Kier molecular flexibility index (Phi) is 8.21. The van der Waals surface area contributed by atoms with Gasteiger partial charge in [-0.2, -0.15) is 0 Å². The van der Waals surface area contributed by atoms with E-state index >= 15 is 0 Å². The van der Waals surface area contributed by atoms with E-state index in [0.717, 1.165) is 23.0 Å². The van der Waals surface area contributed by atoms with Crippen molar-refractivity contribution in [2.75, 3.05) is 33.5 Å². The van der Waals surface area contributed by atoms with Gasteiger partial charge in [-0.05, 0) is 36.7 Å². The molecule has 108 valence electrons. The molecule has 1 rings (SSSR count). The molecule has 0 aliphatic carbocycles. The van der Waals surface area contributed by atoms with Crippen molar-refractivity contribution in [3.63, 3.8) is 0 Å². The van der Waals surface area contributed by atoms with Crippen LogP contribution in [0.15, 0.2) is 22.7 Å². The van der Waals surface area contributed by atoms with E-state index in [4.69, 9.17) is 9.47 Å². The molecule has 0 aliphatic heterocycles. The van der Waals surface area contributed by atoms with Gasteiger partial charge in [-0.3, -0.25) is 0 Å². The third kappa shape index (κ3) is 7.01. The third-order valence-electron chi connectivity index (χ3n) is 2.65. The summed E-state index contributed by atoms with van der Waals surface area (Å²) in [5.41, 5.74) is 0.952. The van der Waals surface area contributed by atoms with E-state index in [0.29, 0.717) is 19.8 Å². The molecule has 1 atom stereocenters. The zero-order chi connectivity index (χ0) is 14.1. The van der Waals surface area contributed by atoms with Gasteiger partial charge in [-0.15, -0.1) is 0 Å². The number of benzene rings is 1. The van der Waals surface area contributed by atoms with Crippen LogP contribution in [-0.2, 0) is 15.9 Å². The fourth-order valence-corrected chi connectivity index (χ4v) is 2.37. The SMILES string of the molecule is CCNC(COCCOC)Cc1cc(F)cc(Br)c1. The molecule has 1 unspecified atom stereocenters. The molecular weight excluding hydrogens is 313 g/mol. The highest BCUT2D eigenvalue weighted by Crippen LogP contribution is 2.16. The molecule has 0 amide bonds. The normalized spacial score (nSPS) is 12.6. The Morgan fingerprint density at radius 3 is 2.74 bits per heavy atom. The first-order valence-corrected chi connectivity index (χ1v) is 7.20. The zero-order valence-electron chi connectivity index (χ0n) is 11.4. The van der Waals surface area contributed by atoms with E-state index in [-0.39, 0.29) is 11.9 Å². The van der Waals surface area contributed by atoms with Crippen molar-refractivity contribution in [3.8, 4) is 0 Å². The fourth-order valence-electron chi connectivity index (χ4n) is 1.86. The van der Waals surface area contributed by atoms with Gasteiger partial charge in [0.15, 0.2) is 0 Å². The second-order valence-corrected chi connectivity index (χ2v) is 5.22. The van der Waals surface area contributed by atoms with Crippen molar-refractivity contribution in [2.45, 2.75) is 19.4 Å². The number of halogens is 2. The van der Waals surface area contributed by atoms with Crippen LogP contribution in [0.3, 0.4) is 0 Å². The number of hydrogen-bond acceptors (Lipinski definition) is 3. The molecule has 0 heterocycles. The molecule has 0 aliphatic rings. The molecule has 0 aromatic heterocycles. The van der Waals surface area contributed by atoms with Crippen LogP contribution in [0.2, 0.25) is 0 Å². The third-order valence-corrected chi connectivity index (χ3v) is 3.11. The van der Waals surface area contributed by atoms with Crippen LogP contribution in [0, 0.1) is 5.82 Å². The lowest BCUT2D eigenvalue weighted by Crippen LogP contribution is -2.35. The van der Waals surface area contributed by atoms with Gasteiger partial charge < -0.3 is 14.8 Å². The number of rotatable bonds is 9. The number of likely N-dealkylation sites (N-methyl/N-ethyl adjacent to an activating group) is 1. The molecule has 0 fully saturated rings. The molecule has 1 N–H and O–H groups in total. The van der Waals surface area contributed by atoms with Gasteiger partial charge in [0.1, 0.15) is 5.82 Å². The van der Waals surface area contributed by atoms with E-state index in [1.54, 1.807) is 13.2 Å². The fraction of sp³-hybridized carbons (Fsp3) is 0.571. The minimum absolute atomic E-state index is 0.176. The quantitative estimate of drug-likeness (QED) is 0.705. The number of hydrogen-bond donors (Lipinski definition) is 1. The van der Waals surface area contributed by atoms with E-state index < -0.39 is 0 Å². The van der Waals surface area contributed by atoms with Crippen molar-refractivity contribution in [3.05, 3.63) is 34.1 Å². The Hall–Kier alpha value is -0.490. The molecule has 0 saturated carbocycles. The molecule has 3 nitrogen and oxygen atoms in total. The first-order valence-electron chi connectivity index (χ1n) is 6.40. The minimum atomic E-state index is -0.222. The lowest BCUT2D eigenvalue weighted by atomic mass is 10.1. The van der Waals surface area contributed by atoms with Gasteiger partial charge in [-0.25, -0.2) is 4.39 Å². The molecule has 0 radical (unpaired) electrons. The van der Waals surface area contributed by atoms with Crippen LogP contribution in [0.5, 0.6) is 0 Å². The number of nitrogens with one attached hydrogen (secondary N) is 1. The average Bonchev–Trinajstić information content (AvgIpc) is 2.33. The zero-order valence-corrected chi connectivity index (χ0v) is 13.0. The standard InChI is InChI=1S/C14H21BrFNO2/c1-3-17-14(10-19-5-4-18-2)8-11-6-12(15)9-13(16)7-11/h6-7,9,14,17H,3-5,8,10H2,1-2H3. The smallest absolute Gasteiger partial charge is 0.124 e. The van der Waals surface area contributed by atoms with Gasteiger partial charge in [0.25, 0.3) is 0 Å². The number of ether oxygens (including phenoxy) is 2. The highest BCUT2D eigenvalue weighted by molar-refractivity contribution is 9.10. The first kappa shape index (κ1) is 16.6. The summed E-state index contributed by atoms with van der Waals surface area (Å²) in [4.78, 5) is 0. The van der Waals surface area contributed by atoms with Crippen molar-refractivity contribution >= 4 is 15.9 Å². The molecule has 0 saturated heterocycles. The van der Waals surface area contributed by atoms with Gasteiger partial charge in [0.2, 0.25) is 0 Å². The van der Waals surface area contributed by atoms with E-state index in [9.17, 15) is 4.39 Å². The van der Waals surface area contributed by atoms with Gasteiger partial charge >= 0.3 is 0 Å². The van der Waals surface area contributed by atoms with Crippen LogP contribution < -0.4 is 5.32 Å². The predicted octanol–water partition coefficient (Wildman–Crippen LogP) is 2.77. The summed E-state index contributed by atoms with van der Waals surface area (Å²) in [6.07, 6.45) is 0.733. The van der Waals surface area contributed by atoms with Crippen LogP contribution in [0.4, 0.5) is 4.39 Å². The van der Waals surface area contributed by atoms with Gasteiger partial charge in [0, 0.05) is 17.6 Å². The predicted molar refractivity (Wildman–Crippen MR) is 78.0 cm³/mol. The maximum atomic E-state index is 13.3. The summed E-state index contributed by atoms with van der Waals surface area (Å²) >= 11 is 3.31. The van der Waals surface area contributed by atoms with E-state index in [1.807, 2.05) is 13.0 Å². The monoisotopic (exact) mass is 333 g/mol. The summed E-state index contributed by atoms with van der Waals surface area (Å²) < 4.78 is 24.5. The van der Waals surface area contributed by atoms with Crippen molar-refractivity contribution in [1.82, 2.24) is 5.32 Å². The average molecular weight is 334 g/mol. The van der Waals surface area contributed by atoms with Crippen LogP contribution in [0.25, 0.3) is 0 Å². The van der Waals surface area contributed by atoms with E-state index in [1.165, 1.54) is 6.07 Å². The lowest BCUT2D eigenvalue weighted by molar-refractivity contribution is 0.0589. The Balaban J connectivity index is 2.51. The van der Waals surface area contributed by atoms with Crippen LogP contribution in [-0.4, -0.2) is 39.5 Å². The molecule has 19 heavy (non-hydrogen) atoms. The largest absolute Gasteiger partial charge is 0.382 e. The second-order valence-electron chi connectivity index (χ2n) is 4.30. The summed E-state index contributed by atoms with van der Waals surface area (Å²) in [6.45, 7) is 4.65. The maximum absolute atomic E-state index is 13.3. The van der Waals surface area contributed by atoms with Crippen molar-refractivity contribution < 1.29 is 13.9 Å². The van der Waals surface area contributed by atoms with Crippen LogP contribution >= 0.6 is 15.9 Å². The van der Waals surface area contributed by atoms with Crippen LogP contribution in [0.1, 0.15) is 12.5 Å². The molecule has 1 aromatic carbocycles. The lowest BCUT2D eigenvalue weighted by Gasteiger charge is -2.18. The maximum Gasteiger partial charge on any atom is 0.124 e. The Labute approximate surface area is 122 Å². The molecule has 0 spiro atoms. The first-order chi connectivity index (χ1) is 9.15. The topological polar surface area (TPSA) is 30.5 Å². The molecule has 1 aromatic rings. The van der Waals surface area contributed by atoms with Gasteiger partial charge in [-0.1, -0.05) is 22.9 Å². The number of methoxy groups -OCH3 is 1. The minimum Gasteiger partial charge on any atom is -0.382 e. The summed E-state index contributed by atoms with van der Waals surface area (Å²) in [5, 5.41) is 3.34. The second kappa shape index (κ2) is 9.42. The molecule has 5 heteroatoms. The van der Waals surface area contributed by atoms with Gasteiger partial charge in [0.05, 0.1) is 19.8 Å². The van der Waals surface area contributed by atoms with E-state index in [2.05, 4.69) is 21.2 Å². The molecular formula is C14H21BrFNO2. The molecule has 0 bridgehead atoms. The highest BCUT2D eigenvalue weighted by atomic mass is 79.9. The Morgan fingerprint density at radius 1 is 1.32 bits per heavy atom. The Morgan fingerprint density at radius 2 is 2.11 bits per heavy atom. The summed E-state index contributed by atoms with van der Waals surface area (Å²) in [6, 6.07) is 5.13. The Bertz CT molecular complexity index is 356. The van der Waals surface area contributed by atoms with Crippen molar-refractivity contribution in [1.29, 1.82) is 0 Å². The highest BCUT2D eigenvalue weighted by Gasteiger charge is 2.10. The summed E-state index contributed by atoms with van der Waals surface area (Å²) in [5.74, 6) is -0.222.